The third-order valence-corrected chi connectivity index (χ3v) is 5.12. The predicted octanol–water partition coefficient (Wildman–Crippen LogP) is -0.504. The van der Waals surface area contributed by atoms with Crippen molar-refractivity contribution in [1.29, 1.82) is 0 Å². The summed E-state index contributed by atoms with van der Waals surface area (Å²) >= 11 is 0. The summed E-state index contributed by atoms with van der Waals surface area (Å²) in [5.74, 6) is 0.474. The largest absolute Gasteiger partial charge is 0.393 e. The summed E-state index contributed by atoms with van der Waals surface area (Å²) in [6, 6.07) is 0. The highest BCUT2D eigenvalue weighted by molar-refractivity contribution is 5.95. The third-order valence-electron chi connectivity index (χ3n) is 5.12. The number of piperazine rings is 1. The minimum atomic E-state index is -1.21. The van der Waals surface area contributed by atoms with Gasteiger partial charge in [-0.05, 0) is 26.8 Å². The maximum atomic E-state index is 12.8. The highest BCUT2D eigenvalue weighted by Crippen LogP contribution is 2.23. The van der Waals surface area contributed by atoms with Gasteiger partial charge < -0.3 is 24.9 Å². The molecule has 0 aromatic carbocycles. The van der Waals surface area contributed by atoms with E-state index in [1.165, 1.54) is 0 Å². The van der Waals surface area contributed by atoms with E-state index < -0.39 is 5.60 Å². The topological polar surface area (TPSA) is 93.0 Å². The van der Waals surface area contributed by atoms with Crippen LogP contribution in [0.3, 0.4) is 0 Å². The van der Waals surface area contributed by atoms with Crippen LogP contribution >= 0.6 is 0 Å². The number of amides is 1. The second kappa shape index (κ2) is 7.23. The zero-order valence-corrected chi connectivity index (χ0v) is 15.0. The standard InChI is InChI=1S/C17H27N5O3/c1-13-14(15(24)22-5-3-4-17(25,11-22)12-23)10-18-16(19-13)21-8-6-20(2)7-9-21/h10,23,25H,3-9,11-12H2,1-2H3. The Balaban J connectivity index is 1.73. The van der Waals surface area contributed by atoms with Crippen LogP contribution in [0.1, 0.15) is 28.9 Å². The fraction of sp³-hybridized carbons (Fsp3) is 0.706. The number of hydrogen-bond donors (Lipinski definition) is 2. The molecule has 138 valence electrons. The molecule has 1 unspecified atom stereocenters. The molecule has 3 rings (SSSR count). The van der Waals surface area contributed by atoms with Crippen LogP contribution in [0.4, 0.5) is 5.95 Å². The molecule has 1 atom stereocenters. The number of aryl methyl sites for hydroxylation is 1. The predicted molar refractivity (Wildman–Crippen MR) is 93.7 cm³/mol. The molecule has 0 bridgehead atoms. The molecule has 0 radical (unpaired) electrons. The number of likely N-dealkylation sites (N-methyl/N-ethyl adjacent to an activating group) is 1. The summed E-state index contributed by atoms with van der Waals surface area (Å²) in [6.45, 7) is 5.87. The van der Waals surface area contributed by atoms with E-state index in [0.29, 0.717) is 36.6 Å². The van der Waals surface area contributed by atoms with E-state index in [1.807, 2.05) is 6.92 Å². The molecule has 25 heavy (non-hydrogen) atoms. The molecule has 0 spiro atoms. The van der Waals surface area contributed by atoms with Crippen molar-refractivity contribution in [2.24, 2.45) is 0 Å². The SMILES string of the molecule is Cc1nc(N2CCN(C)CC2)ncc1C(=O)N1CCCC(O)(CO)C1. The van der Waals surface area contributed by atoms with E-state index in [0.717, 1.165) is 26.2 Å². The quantitative estimate of drug-likeness (QED) is 0.760. The van der Waals surface area contributed by atoms with Gasteiger partial charge in [-0.25, -0.2) is 9.97 Å². The number of aliphatic hydroxyl groups excluding tert-OH is 1. The molecule has 2 N–H and O–H groups in total. The van der Waals surface area contributed by atoms with Crippen LogP contribution in [-0.4, -0.2) is 94.4 Å². The number of aliphatic hydroxyl groups is 2. The van der Waals surface area contributed by atoms with Crippen molar-refractivity contribution in [1.82, 2.24) is 19.8 Å². The Labute approximate surface area is 148 Å². The van der Waals surface area contributed by atoms with E-state index >= 15 is 0 Å². The number of carbonyl (C=O) groups is 1. The van der Waals surface area contributed by atoms with Crippen molar-refractivity contribution < 1.29 is 15.0 Å². The molecule has 2 saturated heterocycles. The van der Waals surface area contributed by atoms with Gasteiger partial charge in [-0.3, -0.25) is 4.79 Å². The Bertz CT molecular complexity index is 633. The van der Waals surface area contributed by atoms with Gasteiger partial charge in [0.2, 0.25) is 5.95 Å². The van der Waals surface area contributed by atoms with Gasteiger partial charge in [0.05, 0.1) is 24.4 Å². The Hall–Kier alpha value is -1.77. The highest BCUT2D eigenvalue weighted by atomic mass is 16.3. The van der Waals surface area contributed by atoms with Crippen molar-refractivity contribution in [3.05, 3.63) is 17.5 Å². The average Bonchev–Trinajstić information content (AvgIpc) is 2.62. The van der Waals surface area contributed by atoms with E-state index in [9.17, 15) is 15.0 Å². The normalized spacial score (nSPS) is 25.3. The molecule has 1 amide bonds. The first-order valence-electron chi connectivity index (χ1n) is 8.81. The first kappa shape index (κ1) is 18.0. The average molecular weight is 349 g/mol. The Morgan fingerprint density at radius 1 is 1.28 bits per heavy atom. The minimum absolute atomic E-state index is 0.141. The number of piperidine rings is 1. The smallest absolute Gasteiger partial charge is 0.257 e. The van der Waals surface area contributed by atoms with E-state index in [2.05, 4.69) is 26.8 Å². The van der Waals surface area contributed by atoms with Gasteiger partial charge in [0.25, 0.3) is 5.91 Å². The third kappa shape index (κ3) is 3.91. The van der Waals surface area contributed by atoms with Gasteiger partial charge in [-0.2, -0.15) is 0 Å². The number of anilines is 1. The highest BCUT2D eigenvalue weighted by Gasteiger charge is 2.35. The molecular formula is C17H27N5O3. The van der Waals surface area contributed by atoms with Crippen molar-refractivity contribution >= 4 is 11.9 Å². The maximum Gasteiger partial charge on any atom is 0.257 e. The van der Waals surface area contributed by atoms with Crippen LogP contribution in [0.25, 0.3) is 0 Å². The lowest BCUT2D eigenvalue weighted by atomic mass is 9.93. The Morgan fingerprint density at radius 2 is 2.00 bits per heavy atom. The van der Waals surface area contributed by atoms with Crippen molar-refractivity contribution in [3.8, 4) is 0 Å². The number of nitrogens with zero attached hydrogens (tertiary/aromatic N) is 5. The summed E-state index contributed by atoms with van der Waals surface area (Å²) < 4.78 is 0. The minimum Gasteiger partial charge on any atom is -0.393 e. The van der Waals surface area contributed by atoms with Crippen LogP contribution in [0.2, 0.25) is 0 Å². The molecule has 1 aromatic rings. The molecule has 8 heteroatoms. The monoisotopic (exact) mass is 349 g/mol. The zero-order valence-electron chi connectivity index (χ0n) is 15.0. The summed E-state index contributed by atoms with van der Waals surface area (Å²) in [6.07, 6.45) is 2.76. The lowest BCUT2D eigenvalue weighted by molar-refractivity contribution is -0.0598. The number of aromatic nitrogens is 2. The zero-order chi connectivity index (χ0) is 18.0. The molecule has 2 aliphatic rings. The van der Waals surface area contributed by atoms with Crippen molar-refractivity contribution in [3.63, 3.8) is 0 Å². The summed E-state index contributed by atoms with van der Waals surface area (Å²) in [7, 11) is 2.09. The van der Waals surface area contributed by atoms with Crippen LogP contribution < -0.4 is 4.90 Å². The van der Waals surface area contributed by atoms with Gasteiger partial charge in [-0.1, -0.05) is 0 Å². The first-order chi connectivity index (χ1) is 11.9. The van der Waals surface area contributed by atoms with Crippen LogP contribution in [0.5, 0.6) is 0 Å². The Morgan fingerprint density at radius 3 is 2.64 bits per heavy atom. The molecule has 0 saturated carbocycles. The molecule has 2 aliphatic heterocycles. The molecule has 0 aliphatic carbocycles. The fourth-order valence-electron chi connectivity index (χ4n) is 3.41. The van der Waals surface area contributed by atoms with E-state index in [4.69, 9.17) is 0 Å². The lowest BCUT2D eigenvalue weighted by Gasteiger charge is -2.38. The van der Waals surface area contributed by atoms with Gasteiger partial charge in [0, 0.05) is 38.9 Å². The lowest BCUT2D eigenvalue weighted by Crippen LogP contribution is -2.52. The van der Waals surface area contributed by atoms with Crippen LogP contribution in [0.15, 0.2) is 6.20 Å². The first-order valence-corrected chi connectivity index (χ1v) is 8.81. The molecule has 3 heterocycles. The van der Waals surface area contributed by atoms with Gasteiger partial charge >= 0.3 is 0 Å². The number of hydrogen-bond acceptors (Lipinski definition) is 7. The maximum absolute atomic E-state index is 12.8. The number of rotatable bonds is 3. The van der Waals surface area contributed by atoms with Gasteiger partial charge in [0.1, 0.15) is 5.60 Å². The summed E-state index contributed by atoms with van der Waals surface area (Å²) in [4.78, 5) is 27.7. The van der Waals surface area contributed by atoms with Crippen LogP contribution in [0, 0.1) is 6.92 Å². The van der Waals surface area contributed by atoms with Gasteiger partial charge in [0.15, 0.2) is 0 Å². The molecule has 2 fully saturated rings. The van der Waals surface area contributed by atoms with Crippen molar-refractivity contribution in [2.75, 3.05) is 57.8 Å². The number of carbonyl (C=O) groups excluding carboxylic acids is 1. The number of β-amino-alcohol motifs (C(OH)–C–C–N with tert-alkyl or cyclic N) is 1. The summed E-state index contributed by atoms with van der Waals surface area (Å²) in [5.41, 5.74) is -0.102. The van der Waals surface area contributed by atoms with E-state index in [1.54, 1.807) is 11.1 Å². The summed E-state index contributed by atoms with van der Waals surface area (Å²) in [5, 5.41) is 19.6. The van der Waals surface area contributed by atoms with Crippen LogP contribution in [-0.2, 0) is 0 Å². The molecule has 8 nitrogen and oxygen atoms in total. The van der Waals surface area contributed by atoms with Gasteiger partial charge in [-0.15, -0.1) is 0 Å². The molecule has 1 aromatic heterocycles. The van der Waals surface area contributed by atoms with E-state index in [-0.39, 0.29) is 19.1 Å². The fourth-order valence-corrected chi connectivity index (χ4v) is 3.41. The number of likely N-dealkylation sites (tertiary alicyclic amines) is 1. The second-order valence-corrected chi connectivity index (χ2v) is 7.17. The Kier molecular flexibility index (Phi) is 5.21. The molecular weight excluding hydrogens is 322 g/mol. The van der Waals surface area contributed by atoms with Crippen molar-refractivity contribution in [2.45, 2.75) is 25.4 Å². The second-order valence-electron chi connectivity index (χ2n) is 7.17.